The van der Waals surface area contributed by atoms with Crippen molar-refractivity contribution >= 4 is 0 Å². The highest BCUT2D eigenvalue weighted by Crippen LogP contribution is 2.38. The number of rotatable bonds is 1. The quantitative estimate of drug-likeness (QED) is 0.822. The first kappa shape index (κ1) is 12.2. The van der Waals surface area contributed by atoms with Crippen molar-refractivity contribution in [2.45, 2.75) is 58.3 Å². The molecule has 0 radical (unpaired) electrons. The van der Waals surface area contributed by atoms with Crippen LogP contribution in [0, 0.1) is 5.41 Å². The molecule has 18 heavy (non-hydrogen) atoms. The molecular weight excluding hydrogens is 226 g/mol. The fourth-order valence-electron chi connectivity index (χ4n) is 3.38. The van der Waals surface area contributed by atoms with E-state index in [9.17, 15) is 5.11 Å². The van der Waals surface area contributed by atoms with Crippen molar-refractivity contribution < 1.29 is 5.11 Å². The highest BCUT2D eigenvalue weighted by atomic mass is 16.3. The molecule has 4 nitrogen and oxygen atoms in total. The normalized spacial score (nSPS) is 32.2. The molecule has 1 aliphatic heterocycles. The van der Waals surface area contributed by atoms with Crippen molar-refractivity contribution in [3.05, 3.63) is 18.2 Å². The SMILES string of the molecule is CC1(C)CCC(O)C(N2CCn3ccnc3C2)C1. The fraction of sp³-hybridized carbons (Fsp3) is 0.786. The zero-order valence-corrected chi connectivity index (χ0v) is 11.3. The van der Waals surface area contributed by atoms with Crippen LogP contribution in [0.5, 0.6) is 0 Å². The van der Waals surface area contributed by atoms with Gasteiger partial charge in [0.2, 0.25) is 0 Å². The molecule has 2 atom stereocenters. The minimum Gasteiger partial charge on any atom is -0.391 e. The van der Waals surface area contributed by atoms with E-state index in [1.165, 1.54) is 0 Å². The minimum absolute atomic E-state index is 0.167. The molecule has 1 saturated carbocycles. The van der Waals surface area contributed by atoms with Gasteiger partial charge in [-0.15, -0.1) is 0 Å². The molecule has 0 bridgehead atoms. The van der Waals surface area contributed by atoms with Crippen LogP contribution in [0.1, 0.15) is 38.9 Å². The smallest absolute Gasteiger partial charge is 0.122 e. The lowest BCUT2D eigenvalue weighted by molar-refractivity contribution is -0.0276. The number of hydrogen-bond donors (Lipinski definition) is 1. The van der Waals surface area contributed by atoms with Gasteiger partial charge in [0.15, 0.2) is 0 Å². The molecule has 0 amide bonds. The summed E-state index contributed by atoms with van der Waals surface area (Å²) in [6, 6.07) is 0.305. The average molecular weight is 249 g/mol. The fourth-order valence-corrected chi connectivity index (χ4v) is 3.38. The third-order valence-electron chi connectivity index (χ3n) is 4.57. The van der Waals surface area contributed by atoms with E-state index in [1.54, 1.807) is 0 Å². The minimum atomic E-state index is -0.167. The van der Waals surface area contributed by atoms with Crippen molar-refractivity contribution in [3.63, 3.8) is 0 Å². The van der Waals surface area contributed by atoms with E-state index >= 15 is 0 Å². The predicted molar refractivity (Wildman–Crippen MR) is 70.1 cm³/mol. The molecule has 100 valence electrons. The van der Waals surface area contributed by atoms with Gasteiger partial charge in [-0.25, -0.2) is 4.98 Å². The molecule has 1 aliphatic carbocycles. The summed E-state index contributed by atoms with van der Waals surface area (Å²) in [7, 11) is 0. The predicted octanol–water partition coefficient (Wildman–Crippen LogP) is 1.64. The first-order valence-electron chi connectivity index (χ1n) is 6.97. The van der Waals surface area contributed by atoms with Gasteiger partial charge in [0, 0.05) is 31.5 Å². The summed E-state index contributed by atoms with van der Waals surface area (Å²) in [6.45, 7) is 7.54. The Labute approximate surface area is 109 Å². The molecular formula is C14H23N3O. The largest absolute Gasteiger partial charge is 0.391 e. The van der Waals surface area contributed by atoms with Gasteiger partial charge in [-0.1, -0.05) is 13.8 Å². The number of hydrogen-bond acceptors (Lipinski definition) is 3. The van der Waals surface area contributed by atoms with Gasteiger partial charge in [0.05, 0.1) is 12.6 Å². The van der Waals surface area contributed by atoms with Gasteiger partial charge < -0.3 is 9.67 Å². The van der Waals surface area contributed by atoms with Gasteiger partial charge in [0.25, 0.3) is 0 Å². The summed E-state index contributed by atoms with van der Waals surface area (Å²) in [6.07, 6.45) is 6.91. The highest BCUT2D eigenvalue weighted by Gasteiger charge is 2.38. The summed E-state index contributed by atoms with van der Waals surface area (Å²) in [4.78, 5) is 6.83. The van der Waals surface area contributed by atoms with Gasteiger partial charge in [-0.3, -0.25) is 4.90 Å². The summed E-state index contributed by atoms with van der Waals surface area (Å²) < 4.78 is 2.22. The maximum Gasteiger partial charge on any atom is 0.122 e. The molecule has 1 fully saturated rings. The van der Waals surface area contributed by atoms with Gasteiger partial charge in [-0.05, 0) is 24.7 Å². The maximum atomic E-state index is 10.3. The van der Waals surface area contributed by atoms with Crippen molar-refractivity contribution in [3.8, 4) is 0 Å². The number of fused-ring (bicyclic) bond motifs is 1. The van der Waals surface area contributed by atoms with Crippen LogP contribution in [0.15, 0.2) is 12.4 Å². The van der Waals surface area contributed by atoms with Crippen molar-refractivity contribution in [2.75, 3.05) is 6.54 Å². The molecule has 2 aliphatic rings. The highest BCUT2D eigenvalue weighted by molar-refractivity contribution is 4.99. The Morgan fingerprint density at radius 2 is 2.22 bits per heavy atom. The van der Waals surface area contributed by atoms with Crippen LogP contribution in [0.2, 0.25) is 0 Å². The maximum absolute atomic E-state index is 10.3. The summed E-state index contributed by atoms with van der Waals surface area (Å²) in [5, 5.41) is 10.3. The number of aliphatic hydroxyl groups is 1. The summed E-state index contributed by atoms with van der Waals surface area (Å²) in [5.74, 6) is 1.14. The van der Waals surface area contributed by atoms with E-state index in [0.717, 1.165) is 44.7 Å². The third-order valence-corrected chi connectivity index (χ3v) is 4.57. The Hall–Kier alpha value is -0.870. The van der Waals surface area contributed by atoms with Crippen LogP contribution < -0.4 is 0 Å². The second kappa shape index (κ2) is 4.35. The Balaban J connectivity index is 1.75. The van der Waals surface area contributed by atoms with Crippen LogP contribution in [0.3, 0.4) is 0 Å². The molecule has 4 heteroatoms. The number of aromatic nitrogens is 2. The van der Waals surface area contributed by atoms with Gasteiger partial charge >= 0.3 is 0 Å². The molecule has 0 aromatic carbocycles. The second-order valence-corrected chi connectivity index (χ2v) is 6.55. The number of aliphatic hydroxyl groups excluding tert-OH is 1. The summed E-state index contributed by atoms with van der Waals surface area (Å²) >= 11 is 0. The molecule has 3 rings (SSSR count). The zero-order chi connectivity index (χ0) is 12.8. The molecule has 1 aromatic rings. The summed E-state index contributed by atoms with van der Waals surface area (Å²) in [5.41, 5.74) is 0.358. The van der Waals surface area contributed by atoms with Crippen LogP contribution in [0.25, 0.3) is 0 Å². The molecule has 0 spiro atoms. The van der Waals surface area contributed by atoms with Crippen molar-refractivity contribution in [2.24, 2.45) is 5.41 Å². The lowest BCUT2D eigenvalue weighted by Crippen LogP contribution is -2.51. The third kappa shape index (κ3) is 2.19. The van der Waals surface area contributed by atoms with Crippen molar-refractivity contribution in [1.29, 1.82) is 0 Å². The van der Waals surface area contributed by atoms with Gasteiger partial charge in [0.1, 0.15) is 5.82 Å². The van der Waals surface area contributed by atoms with Crippen LogP contribution in [-0.2, 0) is 13.1 Å². The average Bonchev–Trinajstić information content (AvgIpc) is 2.79. The van der Waals surface area contributed by atoms with E-state index < -0.39 is 0 Å². The molecule has 1 aromatic heterocycles. The Kier molecular flexibility index (Phi) is 2.94. The van der Waals surface area contributed by atoms with E-state index in [4.69, 9.17) is 0 Å². The van der Waals surface area contributed by atoms with E-state index in [0.29, 0.717) is 11.5 Å². The molecule has 1 N–H and O–H groups in total. The van der Waals surface area contributed by atoms with Crippen LogP contribution in [-0.4, -0.2) is 38.2 Å². The van der Waals surface area contributed by atoms with E-state index in [2.05, 4.69) is 28.3 Å². The lowest BCUT2D eigenvalue weighted by Gasteiger charge is -2.45. The Morgan fingerprint density at radius 3 is 3.06 bits per heavy atom. The Bertz CT molecular complexity index is 426. The molecule has 2 unspecified atom stereocenters. The Morgan fingerprint density at radius 1 is 1.39 bits per heavy atom. The monoisotopic (exact) mass is 249 g/mol. The van der Waals surface area contributed by atoms with Crippen molar-refractivity contribution in [1.82, 2.24) is 14.5 Å². The second-order valence-electron chi connectivity index (χ2n) is 6.55. The first-order chi connectivity index (χ1) is 8.55. The molecule has 0 saturated heterocycles. The topological polar surface area (TPSA) is 41.3 Å². The molecule has 2 heterocycles. The van der Waals surface area contributed by atoms with E-state index in [1.807, 2.05) is 12.4 Å². The van der Waals surface area contributed by atoms with Crippen LogP contribution in [0.4, 0.5) is 0 Å². The van der Waals surface area contributed by atoms with Crippen LogP contribution >= 0.6 is 0 Å². The standard InChI is InChI=1S/C14H23N3O/c1-14(2)4-3-12(18)11(9-14)17-8-7-16-6-5-15-13(16)10-17/h5-6,11-12,18H,3-4,7-10H2,1-2H3. The number of imidazole rings is 1. The number of nitrogens with zero attached hydrogens (tertiary/aromatic N) is 3. The van der Waals surface area contributed by atoms with Gasteiger partial charge in [-0.2, -0.15) is 0 Å². The van der Waals surface area contributed by atoms with E-state index in [-0.39, 0.29) is 6.10 Å². The lowest BCUT2D eigenvalue weighted by atomic mass is 9.73. The first-order valence-corrected chi connectivity index (χ1v) is 6.97. The zero-order valence-electron chi connectivity index (χ0n) is 11.3.